The quantitative estimate of drug-likeness (QED) is 0.168. The first-order chi connectivity index (χ1) is 26.2. The second-order valence-electron chi connectivity index (χ2n) is 13.5. The Morgan fingerprint density at radius 3 is 1.57 bits per heavy atom. The topological polar surface area (TPSA) is 33.2 Å². The lowest BCUT2D eigenvalue weighted by molar-refractivity contribution is 0.593. The zero-order valence-corrected chi connectivity index (χ0v) is 29.7. The average molecular weight is 697 g/mol. The lowest BCUT2D eigenvalue weighted by atomic mass is 9.95. The van der Waals surface area contributed by atoms with Crippen molar-refractivity contribution in [3.8, 4) is 33.6 Å². The van der Waals surface area contributed by atoms with Crippen molar-refractivity contribution < 1.29 is 4.57 Å². The lowest BCUT2D eigenvalue weighted by Gasteiger charge is -2.29. The molecule has 10 rings (SSSR count). The zero-order chi connectivity index (χ0) is 35.4. The maximum atomic E-state index is 15.9. The van der Waals surface area contributed by atoms with Gasteiger partial charge in [0.15, 0.2) is 7.14 Å². The SMILES string of the molecule is O=P1(c2ccccc2)C2=C(c3ccccc3N(c3ccc(-c4cc(-c5ccccc5)cc(-c5ccccc5)n4)cc3)c3ccccc32)c2ccccc21. The fraction of sp³-hybridized carbons (Fsp3) is 0. The summed E-state index contributed by atoms with van der Waals surface area (Å²) in [5.74, 6) is 0. The molecule has 0 N–H and O–H groups in total. The number of fused-ring (bicyclic) bond motifs is 6. The number of para-hydroxylation sites is 2. The highest BCUT2D eigenvalue weighted by Gasteiger charge is 2.46. The summed E-state index contributed by atoms with van der Waals surface area (Å²) < 4.78 is 15.9. The standard InChI is InChI=1S/C49H33N2OP/c52-53(39-20-8-3-9-21-39)47-27-15-12-24-42(47)48-40-22-10-13-25-45(40)51(46-26-14-11-23-41(46)49(48)53)38-30-28-36(29-31-38)44-33-37(34-16-4-1-5-17-34)32-43(50-44)35-18-6-2-7-19-35/h1-33H. The average Bonchev–Trinajstić information content (AvgIpc) is 3.43. The Morgan fingerprint density at radius 2 is 0.906 bits per heavy atom. The molecule has 3 heterocycles. The van der Waals surface area contributed by atoms with E-state index in [2.05, 4.69) is 157 Å². The molecule has 8 aromatic rings. The first-order valence-electron chi connectivity index (χ1n) is 17.9. The number of hydrogen-bond acceptors (Lipinski definition) is 3. The summed E-state index contributed by atoms with van der Waals surface area (Å²) in [6, 6.07) is 69.2. The summed E-state index contributed by atoms with van der Waals surface area (Å²) in [5.41, 5.74) is 13.4. The van der Waals surface area contributed by atoms with Gasteiger partial charge in [0.2, 0.25) is 0 Å². The van der Waals surface area contributed by atoms with Crippen LogP contribution in [0.2, 0.25) is 0 Å². The third-order valence-electron chi connectivity index (χ3n) is 10.4. The van der Waals surface area contributed by atoms with Crippen molar-refractivity contribution in [3.63, 3.8) is 0 Å². The number of rotatable bonds is 5. The molecular formula is C49H33N2OP. The third kappa shape index (κ3) is 5.04. The highest BCUT2D eigenvalue weighted by Crippen LogP contribution is 2.68. The zero-order valence-electron chi connectivity index (χ0n) is 28.8. The lowest BCUT2D eigenvalue weighted by Crippen LogP contribution is -2.17. The summed E-state index contributed by atoms with van der Waals surface area (Å²) in [7, 11) is -3.24. The van der Waals surface area contributed by atoms with Crippen LogP contribution in [0.3, 0.4) is 0 Å². The predicted molar refractivity (Wildman–Crippen MR) is 221 cm³/mol. The molecule has 1 unspecified atom stereocenters. The molecule has 0 saturated heterocycles. The fourth-order valence-electron chi connectivity index (χ4n) is 8.02. The number of pyridine rings is 1. The number of anilines is 3. The van der Waals surface area contributed by atoms with Gasteiger partial charge in [0, 0.05) is 49.4 Å². The van der Waals surface area contributed by atoms with E-state index in [4.69, 9.17) is 4.98 Å². The van der Waals surface area contributed by atoms with Crippen LogP contribution in [-0.4, -0.2) is 4.98 Å². The molecule has 4 heteroatoms. The van der Waals surface area contributed by atoms with Gasteiger partial charge < -0.3 is 9.46 Å². The van der Waals surface area contributed by atoms with Crippen molar-refractivity contribution in [1.29, 1.82) is 0 Å². The summed E-state index contributed by atoms with van der Waals surface area (Å²) in [6.45, 7) is 0. The normalized spacial score (nSPS) is 15.6. The molecule has 2 aliphatic rings. The van der Waals surface area contributed by atoms with Crippen LogP contribution in [0.15, 0.2) is 200 Å². The molecule has 0 spiro atoms. The highest BCUT2D eigenvalue weighted by atomic mass is 31.2. The van der Waals surface area contributed by atoms with Gasteiger partial charge in [0.25, 0.3) is 0 Å². The monoisotopic (exact) mass is 696 g/mol. The number of hydrogen-bond donors (Lipinski definition) is 0. The summed E-state index contributed by atoms with van der Waals surface area (Å²) in [6.07, 6.45) is 0. The van der Waals surface area contributed by atoms with Crippen molar-refractivity contribution in [2.75, 3.05) is 4.90 Å². The molecule has 0 fully saturated rings. The molecule has 53 heavy (non-hydrogen) atoms. The van der Waals surface area contributed by atoms with Gasteiger partial charge >= 0.3 is 0 Å². The van der Waals surface area contributed by atoms with Gasteiger partial charge in [-0.2, -0.15) is 0 Å². The molecule has 3 nitrogen and oxygen atoms in total. The first kappa shape index (κ1) is 31.2. The van der Waals surface area contributed by atoms with Crippen LogP contribution in [0.5, 0.6) is 0 Å². The van der Waals surface area contributed by atoms with E-state index in [1.165, 1.54) is 0 Å². The largest absolute Gasteiger partial charge is 0.309 e. The predicted octanol–water partition coefficient (Wildman–Crippen LogP) is 12.1. The van der Waals surface area contributed by atoms with Crippen LogP contribution in [0.25, 0.3) is 44.5 Å². The van der Waals surface area contributed by atoms with Crippen molar-refractivity contribution in [2.45, 2.75) is 0 Å². The molecule has 0 aliphatic carbocycles. The Hall–Kier alpha value is -6.54. The number of aromatic nitrogens is 1. The van der Waals surface area contributed by atoms with Gasteiger partial charge in [-0.15, -0.1) is 0 Å². The van der Waals surface area contributed by atoms with Crippen LogP contribution < -0.4 is 15.5 Å². The highest BCUT2D eigenvalue weighted by molar-refractivity contribution is 7.88. The second-order valence-corrected chi connectivity index (χ2v) is 16.1. The molecule has 0 bridgehead atoms. The van der Waals surface area contributed by atoms with Crippen LogP contribution in [0, 0.1) is 0 Å². The first-order valence-corrected chi connectivity index (χ1v) is 19.6. The Kier molecular flexibility index (Phi) is 7.42. The minimum absolute atomic E-state index is 0.850. The molecule has 7 aromatic carbocycles. The van der Waals surface area contributed by atoms with Crippen LogP contribution >= 0.6 is 7.14 Å². The van der Waals surface area contributed by atoms with Crippen LogP contribution in [0.1, 0.15) is 16.7 Å². The van der Waals surface area contributed by atoms with Gasteiger partial charge in [-0.25, -0.2) is 4.98 Å². The van der Waals surface area contributed by atoms with E-state index < -0.39 is 7.14 Å². The van der Waals surface area contributed by atoms with Crippen molar-refractivity contribution in [1.82, 2.24) is 4.98 Å². The fourth-order valence-corrected chi connectivity index (χ4v) is 11.3. The summed E-state index contributed by atoms with van der Waals surface area (Å²) >= 11 is 0. The summed E-state index contributed by atoms with van der Waals surface area (Å²) in [5, 5.41) is 2.66. The van der Waals surface area contributed by atoms with Crippen LogP contribution in [0.4, 0.5) is 17.1 Å². The van der Waals surface area contributed by atoms with Crippen molar-refractivity contribution in [3.05, 3.63) is 217 Å². The Labute approximate surface area is 309 Å². The van der Waals surface area contributed by atoms with E-state index in [1.807, 2.05) is 48.5 Å². The van der Waals surface area contributed by atoms with E-state index in [0.29, 0.717) is 0 Å². The number of benzene rings is 7. The molecule has 0 saturated carbocycles. The molecule has 1 atom stereocenters. The van der Waals surface area contributed by atoms with Gasteiger partial charge in [-0.3, -0.25) is 0 Å². The molecule has 250 valence electrons. The van der Waals surface area contributed by atoms with E-state index in [9.17, 15) is 0 Å². The minimum Gasteiger partial charge on any atom is -0.309 e. The van der Waals surface area contributed by atoms with E-state index in [1.54, 1.807) is 0 Å². The molecule has 0 radical (unpaired) electrons. The Bertz CT molecular complexity index is 2680. The maximum absolute atomic E-state index is 15.9. The molecule has 2 aliphatic heterocycles. The molecular weight excluding hydrogens is 664 g/mol. The third-order valence-corrected chi connectivity index (χ3v) is 13.6. The van der Waals surface area contributed by atoms with Gasteiger partial charge in [-0.1, -0.05) is 164 Å². The summed E-state index contributed by atoms with van der Waals surface area (Å²) in [4.78, 5) is 7.51. The van der Waals surface area contributed by atoms with Gasteiger partial charge in [-0.05, 0) is 53.1 Å². The van der Waals surface area contributed by atoms with Crippen molar-refractivity contribution in [2.24, 2.45) is 0 Å². The van der Waals surface area contributed by atoms with Crippen LogP contribution in [-0.2, 0) is 4.57 Å². The van der Waals surface area contributed by atoms with Crippen molar-refractivity contribution >= 4 is 45.7 Å². The molecule has 1 aromatic heterocycles. The smallest absolute Gasteiger partial charge is 0.172 e. The Balaban J connectivity index is 1.15. The molecule has 0 amide bonds. The number of nitrogens with zero attached hydrogens (tertiary/aromatic N) is 2. The van der Waals surface area contributed by atoms with E-state index in [0.717, 1.165) is 88.9 Å². The second kappa shape index (κ2) is 12.6. The maximum Gasteiger partial charge on any atom is 0.172 e. The minimum atomic E-state index is -3.24. The Morgan fingerprint density at radius 1 is 0.415 bits per heavy atom. The van der Waals surface area contributed by atoms with Gasteiger partial charge in [0.1, 0.15) is 0 Å². The van der Waals surface area contributed by atoms with Gasteiger partial charge in [0.05, 0.1) is 22.8 Å². The van der Waals surface area contributed by atoms with E-state index in [-0.39, 0.29) is 0 Å². The van der Waals surface area contributed by atoms with E-state index >= 15 is 4.57 Å².